The molecule has 4 saturated heterocycles. The molecule has 276 valence electrons. The summed E-state index contributed by atoms with van der Waals surface area (Å²) in [5, 5.41) is 2.25. The van der Waals surface area contributed by atoms with E-state index in [1.807, 2.05) is 30.5 Å². The molecule has 3 aromatic rings. The van der Waals surface area contributed by atoms with Crippen molar-refractivity contribution in [1.29, 1.82) is 0 Å². The van der Waals surface area contributed by atoms with E-state index in [1.165, 1.54) is 0 Å². The van der Waals surface area contributed by atoms with Gasteiger partial charge in [0.05, 0.1) is 16.8 Å². The molecule has 0 radical (unpaired) electrons. The van der Waals surface area contributed by atoms with Crippen molar-refractivity contribution in [2.45, 2.75) is 37.8 Å². The van der Waals surface area contributed by atoms with Crippen molar-refractivity contribution in [3.05, 3.63) is 77.0 Å². The van der Waals surface area contributed by atoms with Gasteiger partial charge in [0.1, 0.15) is 11.9 Å². The fourth-order valence-electron chi connectivity index (χ4n) is 8.56. The fourth-order valence-corrected chi connectivity index (χ4v) is 8.56. The molecule has 0 saturated carbocycles. The van der Waals surface area contributed by atoms with Crippen LogP contribution in [0.5, 0.6) is 0 Å². The van der Waals surface area contributed by atoms with E-state index in [0.717, 1.165) is 105 Å². The van der Waals surface area contributed by atoms with Gasteiger partial charge in [0, 0.05) is 113 Å². The lowest BCUT2D eigenvalue weighted by Crippen LogP contribution is -2.63. The second kappa shape index (κ2) is 14.2. The number of benzene rings is 2. The number of nitrogens with zero attached hydrogens (tertiary/aromatic N) is 7. The number of hydrogen-bond acceptors (Lipinski definition) is 12. The molecule has 1 aromatic heterocycles. The summed E-state index contributed by atoms with van der Waals surface area (Å²) in [6.45, 7) is 8.89. The Hall–Kier alpha value is -5.34. The lowest BCUT2D eigenvalue weighted by Gasteiger charge is -2.49. The molecule has 2 aromatic carbocycles. The summed E-state index contributed by atoms with van der Waals surface area (Å²) in [6.07, 6.45) is 4.22. The van der Waals surface area contributed by atoms with Crippen LogP contribution >= 0.6 is 0 Å². The smallest absolute Gasteiger partial charge is 0.262 e. The Balaban J connectivity index is 0.793. The van der Waals surface area contributed by atoms with E-state index >= 15 is 0 Å². The van der Waals surface area contributed by atoms with Crippen molar-refractivity contribution >= 4 is 52.2 Å². The third kappa shape index (κ3) is 6.72. The molecule has 5 aliphatic heterocycles. The first-order chi connectivity index (χ1) is 25.7. The molecule has 14 heteroatoms. The van der Waals surface area contributed by atoms with E-state index in [1.54, 1.807) is 25.2 Å². The van der Waals surface area contributed by atoms with Crippen LogP contribution in [0, 0.1) is 5.92 Å². The number of piperidine rings is 2. The number of likely N-dealkylation sites (tertiary alicyclic amines) is 1. The maximum absolute atomic E-state index is 13.3. The number of nitrogens with two attached hydrogens (primary N) is 2. The molecule has 53 heavy (non-hydrogen) atoms. The molecule has 5 N–H and O–H groups in total. The van der Waals surface area contributed by atoms with Crippen LogP contribution in [0.4, 0.5) is 22.9 Å². The van der Waals surface area contributed by atoms with Crippen LogP contribution in [0.3, 0.4) is 0 Å². The van der Waals surface area contributed by atoms with Crippen molar-refractivity contribution in [2.24, 2.45) is 10.9 Å². The van der Waals surface area contributed by atoms with Crippen molar-refractivity contribution in [3.63, 3.8) is 0 Å². The zero-order chi connectivity index (χ0) is 36.8. The van der Waals surface area contributed by atoms with Crippen LogP contribution in [-0.2, 0) is 9.59 Å². The number of anilines is 4. The summed E-state index contributed by atoms with van der Waals surface area (Å²) < 4.78 is 0. The van der Waals surface area contributed by atoms with Crippen LogP contribution in [0.2, 0.25) is 0 Å². The van der Waals surface area contributed by atoms with Gasteiger partial charge >= 0.3 is 0 Å². The third-order valence-corrected chi connectivity index (χ3v) is 11.6. The Kier molecular flexibility index (Phi) is 9.33. The number of aromatic nitrogens is 1. The summed E-state index contributed by atoms with van der Waals surface area (Å²) >= 11 is 0. The standard InChI is InChI=1S/C39H46N10O4/c1-42-36(31-19-26(40)2-5-32(31)41)25-8-11-43-34(18-25)48-16-14-47(15-17-48)28-22-45(23-28)21-24-9-12-46(13-10-24)27-3-4-29-30(20-27)39(53)49(38(29)52)33-6-7-35(50)44-37(33)51/h2-5,8,11,18-20,24,28,33H,6-7,9-10,12-17,21-23,40-41H2,1H3,(H,44,50,51). The zero-order valence-corrected chi connectivity index (χ0v) is 30.0. The molecule has 5 aliphatic rings. The third-order valence-electron chi connectivity index (χ3n) is 11.6. The van der Waals surface area contributed by atoms with Crippen LogP contribution in [0.15, 0.2) is 59.7 Å². The summed E-state index contributed by atoms with van der Waals surface area (Å²) in [6, 6.07) is 14.6. The molecule has 6 heterocycles. The predicted molar refractivity (Wildman–Crippen MR) is 203 cm³/mol. The topological polar surface area (TPSA) is 174 Å². The summed E-state index contributed by atoms with van der Waals surface area (Å²) in [5.41, 5.74) is 17.8. The Bertz CT molecular complexity index is 1980. The van der Waals surface area contributed by atoms with Gasteiger partial charge in [-0.15, -0.1) is 0 Å². The Labute approximate surface area is 308 Å². The van der Waals surface area contributed by atoms with Crippen LogP contribution in [0.1, 0.15) is 57.5 Å². The molecular weight excluding hydrogens is 672 g/mol. The molecule has 8 rings (SSSR count). The Morgan fingerprint density at radius 2 is 1.60 bits per heavy atom. The highest BCUT2D eigenvalue weighted by Crippen LogP contribution is 2.33. The molecule has 4 fully saturated rings. The molecule has 0 spiro atoms. The van der Waals surface area contributed by atoms with Crippen LogP contribution < -0.4 is 26.6 Å². The van der Waals surface area contributed by atoms with E-state index < -0.39 is 23.8 Å². The van der Waals surface area contributed by atoms with E-state index in [0.29, 0.717) is 34.5 Å². The number of aliphatic imine (C=N–C) groups is 1. The number of carbonyl (C=O) groups excluding carboxylic acids is 4. The molecule has 1 unspecified atom stereocenters. The second-order valence-electron chi connectivity index (χ2n) is 14.8. The average Bonchev–Trinajstić information content (AvgIpc) is 3.40. The maximum atomic E-state index is 13.3. The number of fused-ring (bicyclic) bond motifs is 1. The van der Waals surface area contributed by atoms with Crippen molar-refractivity contribution < 1.29 is 19.2 Å². The Morgan fingerprint density at radius 3 is 2.34 bits per heavy atom. The molecule has 14 nitrogen and oxygen atoms in total. The van der Waals surface area contributed by atoms with Gasteiger partial charge in [-0.05, 0) is 73.7 Å². The first-order valence-electron chi connectivity index (χ1n) is 18.6. The number of nitrogen functional groups attached to an aromatic ring is 2. The molecule has 0 aliphatic carbocycles. The van der Waals surface area contributed by atoms with Gasteiger partial charge < -0.3 is 21.3 Å². The normalized spacial score (nSPS) is 22.3. The molecule has 0 bridgehead atoms. The lowest BCUT2D eigenvalue weighted by molar-refractivity contribution is -0.136. The number of nitrogens with one attached hydrogen (secondary N) is 1. The van der Waals surface area contributed by atoms with Crippen LogP contribution in [-0.4, -0.2) is 127 Å². The number of carbonyl (C=O) groups is 4. The van der Waals surface area contributed by atoms with Crippen LogP contribution in [0.25, 0.3) is 0 Å². The van der Waals surface area contributed by atoms with E-state index in [9.17, 15) is 19.2 Å². The zero-order valence-electron chi connectivity index (χ0n) is 30.0. The van der Waals surface area contributed by atoms with Gasteiger partial charge in [-0.3, -0.25) is 44.2 Å². The minimum atomic E-state index is -0.956. The highest BCUT2D eigenvalue weighted by molar-refractivity contribution is 6.23. The highest BCUT2D eigenvalue weighted by Gasteiger charge is 2.45. The maximum Gasteiger partial charge on any atom is 0.262 e. The molecular formula is C39H46N10O4. The van der Waals surface area contributed by atoms with E-state index in [4.69, 9.17) is 16.5 Å². The summed E-state index contributed by atoms with van der Waals surface area (Å²) in [7, 11) is 1.77. The SMILES string of the molecule is CN=C(c1ccnc(N2CCN(C3CN(CC4CCN(c5ccc6c(c5)C(=O)N(C5CCC(=O)NC5=O)C6=O)CC4)C3)CC2)c1)c1cc(N)ccc1N. The number of piperazine rings is 1. The number of imide groups is 2. The number of rotatable bonds is 8. The Morgan fingerprint density at radius 1 is 0.849 bits per heavy atom. The fraction of sp³-hybridized carbons (Fsp3) is 0.436. The van der Waals surface area contributed by atoms with Crippen molar-refractivity contribution in [3.8, 4) is 0 Å². The number of amides is 4. The molecule has 1 atom stereocenters. The largest absolute Gasteiger partial charge is 0.399 e. The minimum absolute atomic E-state index is 0.105. The average molecular weight is 719 g/mol. The van der Waals surface area contributed by atoms with Crippen molar-refractivity contribution in [2.75, 3.05) is 87.2 Å². The van der Waals surface area contributed by atoms with Gasteiger partial charge in [0.2, 0.25) is 11.8 Å². The van der Waals surface area contributed by atoms with Gasteiger partial charge in [-0.1, -0.05) is 0 Å². The first kappa shape index (κ1) is 34.7. The van der Waals surface area contributed by atoms with Gasteiger partial charge in [-0.2, -0.15) is 0 Å². The summed E-state index contributed by atoms with van der Waals surface area (Å²) in [4.78, 5) is 70.5. The lowest BCUT2D eigenvalue weighted by atomic mass is 9.93. The monoisotopic (exact) mass is 718 g/mol. The van der Waals surface area contributed by atoms with E-state index in [2.05, 4.69) is 36.0 Å². The van der Waals surface area contributed by atoms with Gasteiger partial charge in [0.25, 0.3) is 11.8 Å². The predicted octanol–water partition coefficient (Wildman–Crippen LogP) is 1.84. The number of pyridine rings is 1. The second-order valence-corrected chi connectivity index (χ2v) is 14.8. The van der Waals surface area contributed by atoms with Gasteiger partial charge in [0.15, 0.2) is 0 Å². The number of hydrogen-bond donors (Lipinski definition) is 3. The summed E-state index contributed by atoms with van der Waals surface area (Å²) in [5.74, 6) is -0.354. The van der Waals surface area contributed by atoms with Gasteiger partial charge in [-0.25, -0.2) is 4.98 Å². The molecule has 4 amide bonds. The highest BCUT2D eigenvalue weighted by atomic mass is 16.2. The minimum Gasteiger partial charge on any atom is -0.399 e. The van der Waals surface area contributed by atoms with Crippen molar-refractivity contribution in [1.82, 2.24) is 25.0 Å². The first-order valence-corrected chi connectivity index (χ1v) is 18.6. The van der Waals surface area contributed by atoms with E-state index in [-0.39, 0.29) is 18.7 Å². The quantitative estimate of drug-likeness (QED) is 0.176.